The Balaban J connectivity index is 2.33. The molecular weight excluding hydrogens is 140 g/mol. The molecule has 1 aliphatic heterocycles. The first kappa shape index (κ1) is 6.05. The van der Waals surface area contributed by atoms with Crippen LogP contribution in [0.5, 0.6) is 0 Å². The van der Waals surface area contributed by atoms with Gasteiger partial charge in [-0.05, 0) is 6.42 Å². The van der Waals surface area contributed by atoms with Crippen molar-refractivity contribution in [3.63, 3.8) is 0 Å². The van der Waals surface area contributed by atoms with Crippen LogP contribution in [0.1, 0.15) is 6.42 Å². The molecule has 4 heteroatoms. The molecular formula is C6H5F2NO. The Morgan fingerprint density at radius 2 is 2.30 bits per heavy atom. The molecule has 1 aliphatic carbocycles. The lowest BCUT2D eigenvalue weighted by atomic mass is 10.3. The predicted molar refractivity (Wildman–Crippen MR) is 27.3 cm³/mol. The first-order valence-corrected chi connectivity index (χ1v) is 3.08. The maximum Gasteiger partial charge on any atom is 0.297 e. The van der Waals surface area contributed by atoms with Gasteiger partial charge in [0, 0.05) is 6.61 Å². The zero-order chi connectivity index (χ0) is 7.41. The molecule has 1 saturated heterocycles. The number of nitriles is 1. The van der Waals surface area contributed by atoms with Crippen molar-refractivity contribution in [2.45, 2.75) is 17.9 Å². The van der Waals surface area contributed by atoms with E-state index in [1.807, 2.05) is 0 Å². The van der Waals surface area contributed by atoms with Crippen LogP contribution in [0.25, 0.3) is 0 Å². The zero-order valence-electron chi connectivity index (χ0n) is 5.10. The van der Waals surface area contributed by atoms with Crippen LogP contribution in [0.15, 0.2) is 0 Å². The molecule has 0 N–H and O–H groups in total. The molecule has 2 atom stereocenters. The lowest BCUT2D eigenvalue weighted by Crippen LogP contribution is -2.19. The average Bonchev–Trinajstić information content (AvgIpc) is 2.34. The summed E-state index contributed by atoms with van der Waals surface area (Å²) in [6, 6.07) is 1.53. The van der Waals surface area contributed by atoms with Gasteiger partial charge in [-0.3, -0.25) is 0 Å². The molecule has 0 amide bonds. The molecule has 0 radical (unpaired) electrons. The molecule has 1 saturated carbocycles. The van der Waals surface area contributed by atoms with E-state index in [0.717, 1.165) is 0 Å². The Bertz CT molecular complexity index is 222. The van der Waals surface area contributed by atoms with Crippen molar-refractivity contribution in [2.24, 2.45) is 5.92 Å². The Morgan fingerprint density at radius 3 is 2.60 bits per heavy atom. The van der Waals surface area contributed by atoms with Crippen molar-refractivity contribution in [1.29, 1.82) is 5.26 Å². The average molecular weight is 145 g/mol. The van der Waals surface area contributed by atoms with Gasteiger partial charge in [-0.25, -0.2) is 8.78 Å². The van der Waals surface area contributed by atoms with Gasteiger partial charge < -0.3 is 4.74 Å². The third-order valence-corrected chi connectivity index (χ3v) is 2.24. The van der Waals surface area contributed by atoms with E-state index in [1.54, 1.807) is 0 Å². The smallest absolute Gasteiger partial charge is 0.297 e. The first-order valence-electron chi connectivity index (χ1n) is 3.08. The molecule has 1 heterocycles. The standard InChI is InChI=1S/C6H5F2NO/c7-6(8)4-1-2-10-5(4,6)3-9/h4H,1-2H2/t4-,5-/m1/s1. The van der Waals surface area contributed by atoms with Gasteiger partial charge in [0.2, 0.25) is 5.60 Å². The minimum absolute atomic E-state index is 0.299. The fourth-order valence-electron chi connectivity index (χ4n) is 1.55. The lowest BCUT2D eigenvalue weighted by Gasteiger charge is -2.04. The number of nitrogens with zero attached hydrogens (tertiary/aromatic N) is 1. The molecule has 0 aromatic heterocycles. The summed E-state index contributed by atoms with van der Waals surface area (Å²) >= 11 is 0. The molecule has 2 rings (SSSR count). The second-order valence-electron chi connectivity index (χ2n) is 2.66. The van der Waals surface area contributed by atoms with Gasteiger partial charge in [-0.2, -0.15) is 5.26 Å². The van der Waals surface area contributed by atoms with Crippen molar-refractivity contribution in [3.05, 3.63) is 0 Å². The van der Waals surface area contributed by atoms with E-state index in [4.69, 9.17) is 5.26 Å². The van der Waals surface area contributed by atoms with Crippen LogP contribution in [0, 0.1) is 17.2 Å². The molecule has 0 unspecified atom stereocenters. The van der Waals surface area contributed by atoms with Crippen LogP contribution in [0.3, 0.4) is 0 Å². The number of ether oxygens (including phenoxy) is 1. The Hall–Kier alpha value is -0.690. The minimum Gasteiger partial charge on any atom is -0.354 e. The molecule has 10 heavy (non-hydrogen) atoms. The van der Waals surface area contributed by atoms with Gasteiger partial charge in [-0.1, -0.05) is 0 Å². The molecule has 2 nitrogen and oxygen atoms in total. The fourth-order valence-corrected chi connectivity index (χ4v) is 1.55. The number of halogens is 2. The highest BCUT2D eigenvalue weighted by molar-refractivity contribution is 5.34. The summed E-state index contributed by atoms with van der Waals surface area (Å²) in [5, 5.41) is 8.35. The summed E-state index contributed by atoms with van der Waals surface area (Å²) in [5.41, 5.74) is -1.73. The highest BCUT2D eigenvalue weighted by atomic mass is 19.3. The monoisotopic (exact) mass is 145 g/mol. The summed E-state index contributed by atoms with van der Waals surface area (Å²) < 4.78 is 29.8. The maximum atomic E-state index is 12.5. The highest BCUT2D eigenvalue weighted by Crippen LogP contribution is 2.65. The van der Waals surface area contributed by atoms with Crippen LogP contribution < -0.4 is 0 Å². The number of fused-ring (bicyclic) bond motifs is 1. The van der Waals surface area contributed by atoms with Crippen LogP contribution in [-0.2, 0) is 4.74 Å². The SMILES string of the molecule is N#C[C@@]12OCC[C@H]1C2(F)F. The van der Waals surface area contributed by atoms with Gasteiger partial charge in [0.1, 0.15) is 6.07 Å². The number of rotatable bonds is 0. The van der Waals surface area contributed by atoms with Crippen LogP contribution in [-0.4, -0.2) is 18.1 Å². The van der Waals surface area contributed by atoms with Gasteiger partial charge in [0.05, 0.1) is 5.92 Å². The highest BCUT2D eigenvalue weighted by Gasteiger charge is 2.85. The van der Waals surface area contributed by atoms with Crippen LogP contribution in [0.2, 0.25) is 0 Å². The van der Waals surface area contributed by atoms with Gasteiger partial charge in [0.15, 0.2) is 0 Å². The van der Waals surface area contributed by atoms with Crippen LogP contribution >= 0.6 is 0 Å². The Morgan fingerprint density at radius 1 is 1.60 bits per heavy atom. The van der Waals surface area contributed by atoms with Gasteiger partial charge >= 0.3 is 0 Å². The second kappa shape index (κ2) is 1.32. The van der Waals surface area contributed by atoms with Crippen molar-refractivity contribution in [1.82, 2.24) is 0 Å². The number of hydrogen-bond donors (Lipinski definition) is 0. The fraction of sp³-hybridized carbons (Fsp3) is 0.833. The third kappa shape index (κ3) is 0.363. The van der Waals surface area contributed by atoms with E-state index >= 15 is 0 Å². The van der Waals surface area contributed by atoms with Gasteiger partial charge in [-0.15, -0.1) is 0 Å². The Labute approximate surface area is 56.4 Å². The largest absolute Gasteiger partial charge is 0.354 e. The van der Waals surface area contributed by atoms with E-state index in [2.05, 4.69) is 4.74 Å². The van der Waals surface area contributed by atoms with E-state index in [-0.39, 0.29) is 0 Å². The molecule has 54 valence electrons. The minimum atomic E-state index is -2.88. The summed E-state index contributed by atoms with van der Waals surface area (Å²) in [4.78, 5) is 0. The molecule has 2 fully saturated rings. The zero-order valence-corrected chi connectivity index (χ0v) is 5.10. The van der Waals surface area contributed by atoms with E-state index in [9.17, 15) is 8.78 Å². The van der Waals surface area contributed by atoms with Crippen molar-refractivity contribution < 1.29 is 13.5 Å². The van der Waals surface area contributed by atoms with Crippen molar-refractivity contribution >= 4 is 0 Å². The molecule has 0 aromatic carbocycles. The van der Waals surface area contributed by atoms with Crippen molar-refractivity contribution in [3.8, 4) is 6.07 Å². The second-order valence-corrected chi connectivity index (χ2v) is 2.66. The number of hydrogen-bond acceptors (Lipinski definition) is 2. The topological polar surface area (TPSA) is 33.0 Å². The quantitative estimate of drug-likeness (QED) is 0.508. The maximum absolute atomic E-state index is 12.5. The summed E-state index contributed by atoms with van der Waals surface area (Å²) in [7, 11) is 0. The predicted octanol–water partition coefficient (Wildman–Crippen LogP) is 0.934. The molecule has 0 bridgehead atoms. The summed E-state index contributed by atoms with van der Waals surface area (Å²) in [6.07, 6.45) is 0.320. The summed E-state index contributed by atoms with van der Waals surface area (Å²) in [5.74, 6) is -3.70. The van der Waals surface area contributed by atoms with Gasteiger partial charge in [0.25, 0.3) is 5.92 Å². The van der Waals surface area contributed by atoms with Crippen molar-refractivity contribution in [2.75, 3.05) is 6.61 Å². The lowest BCUT2D eigenvalue weighted by molar-refractivity contribution is -0.0287. The first-order chi connectivity index (χ1) is 4.65. The molecule has 0 spiro atoms. The third-order valence-electron chi connectivity index (χ3n) is 2.24. The molecule has 0 aromatic rings. The Kier molecular flexibility index (Phi) is 0.801. The number of alkyl halides is 2. The van der Waals surface area contributed by atoms with E-state index in [1.165, 1.54) is 6.07 Å². The summed E-state index contributed by atoms with van der Waals surface area (Å²) in [6.45, 7) is 0.299. The van der Waals surface area contributed by atoms with E-state index < -0.39 is 17.4 Å². The van der Waals surface area contributed by atoms with E-state index in [0.29, 0.717) is 13.0 Å². The molecule has 2 aliphatic rings. The normalized spacial score (nSPS) is 47.9. The van der Waals surface area contributed by atoms with Crippen LogP contribution in [0.4, 0.5) is 8.78 Å².